The molecule has 1 saturated heterocycles. The molecule has 0 saturated carbocycles. The van der Waals surface area contributed by atoms with Gasteiger partial charge in [-0.2, -0.15) is 0 Å². The van der Waals surface area contributed by atoms with E-state index in [1.165, 1.54) is 4.31 Å². The minimum Gasteiger partial charge on any atom is -0.494 e. The van der Waals surface area contributed by atoms with Gasteiger partial charge >= 0.3 is 5.97 Å². The van der Waals surface area contributed by atoms with Gasteiger partial charge in [0.15, 0.2) is 0 Å². The minimum atomic E-state index is -3.28. The monoisotopic (exact) mass is 398 g/mol. The van der Waals surface area contributed by atoms with Gasteiger partial charge in [-0.25, -0.2) is 12.7 Å². The van der Waals surface area contributed by atoms with Crippen molar-refractivity contribution in [3.05, 3.63) is 24.3 Å². The molecule has 1 amide bonds. The number of nitrogens with zero attached hydrogens (tertiary/aromatic N) is 1. The van der Waals surface area contributed by atoms with E-state index in [2.05, 4.69) is 5.32 Å². The summed E-state index contributed by atoms with van der Waals surface area (Å²) in [6.07, 6.45) is 1.81. The maximum absolute atomic E-state index is 12.5. The van der Waals surface area contributed by atoms with E-state index in [1.54, 1.807) is 31.2 Å². The fourth-order valence-electron chi connectivity index (χ4n) is 2.88. The number of hydrogen-bond donors (Lipinski definition) is 2. The van der Waals surface area contributed by atoms with E-state index >= 15 is 0 Å². The zero-order chi connectivity index (χ0) is 19.9. The highest BCUT2D eigenvalue weighted by Crippen LogP contribution is 2.22. The number of amides is 1. The fourth-order valence-corrected chi connectivity index (χ4v) is 4.06. The first-order chi connectivity index (χ1) is 12.8. The zero-order valence-electron chi connectivity index (χ0n) is 15.4. The van der Waals surface area contributed by atoms with Crippen molar-refractivity contribution in [3.63, 3.8) is 0 Å². The molecule has 150 valence electrons. The fraction of sp³-hybridized carbons (Fsp3) is 0.556. The number of ether oxygens (including phenoxy) is 1. The van der Waals surface area contributed by atoms with Gasteiger partial charge in [-0.15, -0.1) is 0 Å². The van der Waals surface area contributed by atoms with E-state index in [-0.39, 0.29) is 30.5 Å². The van der Waals surface area contributed by atoms with E-state index in [0.717, 1.165) is 0 Å². The molecule has 0 bridgehead atoms. The lowest BCUT2D eigenvalue weighted by molar-refractivity contribution is -0.137. The SMILES string of the molecule is CCS(=O)(=O)N1CCCC(C(=O)Nc2ccc(OCCCC(=O)O)cc2)C1. The van der Waals surface area contributed by atoms with Crippen LogP contribution in [-0.4, -0.2) is 55.2 Å². The lowest BCUT2D eigenvalue weighted by Crippen LogP contribution is -2.44. The lowest BCUT2D eigenvalue weighted by atomic mass is 9.99. The third kappa shape index (κ3) is 6.51. The smallest absolute Gasteiger partial charge is 0.303 e. The van der Waals surface area contributed by atoms with Gasteiger partial charge in [0, 0.05) is 25.2 Å². The van der Waals surface area contributed by atoms with Gasteiger partial charge in [0.1, 0.15) is 5.75 Å². The second kappa shape index (κ2) is 9.70. The van der Waals surface area contributed by atoms with Crippen molar-refractivity contribution in [1.29, 1.82) is 0 Å². The number of nitrogens with one attached hydrogen (secondary N) is 1. The summed E-state index contributed by atoms with van der Waals surface area (Å²) in [5.74, 6) is -0.788. The number of hydrogen-bond acceptors (Lipinski definition) is 5. The Labute approximate surface area is 159 Å². The highest BCUT2D eigenvalue weighted by atomic mass is 32.2. The molecule has 1 aromatic carbocycles. The molecule has 1 aliphatic rings. The summed E-state index contributed by atoms with van der Waals surface area (Å²) in [5.41, 5.74) is 0.605. The van der Waals surface area contributed by atoms with Crippen LogP contribution in [0.3, 0.4) is 0 Å². The van der Waals surface area contributed by atoms with Crippen molar-refractivity contribution in [3.8, 4) is 5.75 Å². The maximum atomic E-state index is 12.5. The Hall–Kier alpha value is -2.13. The molecule has 9 heteroatoms. The van der Waals surface area contributed by atoms with Gasteiger partial charge in [0.05, 0.1) is 18.3 Å². The van der Waals surface area contributed by atoms with Crippen molar-refractivity contribution >= 4 is 27.6 Å². The number of anilines is 1. The van der Waals surface area contributed by atoms with Crippen molar-refractivity contribution in [2.75, 3.05) is 30.8 Å². The number of piperidine rings is 1. The number of carbonyl (C=O) groups excluding carboxylic acids is 1. The van der Waals surface area contributed by atoms with E-state index in [1.807, 2.05) is 0 Å². The van der Waals surface area contributed by atoms with Crippen LogP contribution in [-0.2, 0) is 19.6 Å². The maximum Gasteiger partial charge on any atom is 0.303 e. The molecule has 1 unspecified atom stereocenters. The predicted octanol–water partition coefficient (Wildman–Crippen LogP) is 1.93. The first kappa shape index (κ1) is 21.2. The molecular weight excluding hydrogens is 372 g/mol. The van der Waals surface area contributed by atoms with Crippen LogP contribution in [0.15, 0.2) is 24.3 Å². The largest absolute Gasteiger partial charge is 0.494 e. The van der Waals surface area contributed by atoms with Crippen molar-refractivity contribution in [1.82, 2.24) is 4.31 Å². The van der Waals surface area contributed by atoms with Crippen molar-refractivity contribution in [2.24, 2.45) is 5.92 Å². The molecule has 0 spiro atoms. The molecule has 1 aromatic rings. The third-order valence-electron chi connectivity index (χ3n) is 4.44. The van der Waals surface area contributed by atoms with Crippen molar-refractivity contribution in [2.45, 2.75) is 32.6 Å². The van der Waals surface area contributed by atoms with Gasteiger partial charge < -0.3 is 15.2 Å². The zero-order valence-corrected chi connectivity index (χ0v) is 16.2. The number of aliphatic carboxylic acids is 1. The average Bonchev–Trinajstić information content (AvgIpc) is 2.66. The van der Waals surface area contributed by atoms with E-state index in [4.69, 9.17) is 9.84 Å². The van der Waals surface area contributed by atoms with Crippen LogP contribution in [0, 0.1) is 5.92 Å². The van der Waals surface area contributed by atoms with E-state index in [9.17, 15) is 18.0 Å². The summed E-state index contributed by atoms with van der Waals surface area (Å²) in [7, 11) is -3.28. The average molecular weight is 398 g/mol. The van der Waals surface area contributed by atoms with Gasteiger partial charge in [-0.05, 0) is 50.5 Å². The van der Waals surface area contributed by atoms with Crippen LogP contribution in [0.4, 0.5) is 5.69 Å². The number of rotatable bonds is 9. The standard InChI is InChI=1S/C18H26N2O6S/c1-2-27(24,25)20-11-3-5-14(13-20)18(23)19-15-7-9-16(10-8-15)26-12-4-6-17(21)22/h7-10,14H,2-6,11-13H2,1H3,(H,19,23)(H,21,22). The Balaban J connectivity index is 1.85. The van der Waals surface area contributed by atoms with Crippen LogP contribution in [0.1, 0.15) is 32.6 Å². The molecule has 0 aromatic heterocycles. The van der Waals surface area contributed by atoms with E-state index in [0.29, 0.717) is 43.9 Å². The molecule has 2 rings (SSSR count). The first-order valence-corrected chi connectivity index (χ1v) is 10.7. The Morgan fingerprint density at radius 2 is 2.00 bits per heavy atom. The molecule has 0 aliphatic carbocycles. The molecule has 8 nitrogen and oxygen atoms in total. The number of benzene rings is 1. The van der Waals surface area contributed by atoms with Gasteiger partial charge in [0.2, 0.25) is 15.9 Å². The van der Waals surface area contributed by atoms with Gasteiger partial charge in [0.25, 0.3) is 0 Å². The molecule has 1 atom stereocenters. The number of carbonyl (C=O) groups is 2. The summed E-state index contributed by atoms with van der Waals surface area (Å²) in [6, 6.07) is 6.80. The Morgan fingerprint density at radius 1 is 1.30 bits per heavy atom. The van der Waals surface area contributed by atoms with Crippen molar-refractivity contribution < 1.29 is 27.9 Å². The summed E-state index contributed by atoms with van der Waals surface area (Å²) >= 11 is 0. The van der Waals surface area contributed by atoms with Gasteiger partial charge in [-0.1, -0.05) is 0 Å². The molecule has 1 aliphatic heterocycles. The topological polar surface area (TPSA) is 113 Å². The Morgan fingerprint density at radius 3 is 2.63 bits per heavy atom. The van der Waals surface area contributed by atoms with Crippen LogP contribution in [0.25, 0.3) is 0 Å². The Kier molecular flexibility index (Phi) is 7.61. The van der Waals surface area contributed by atoms with Crippen LogP contribution in [0.5, 0.6) is 5.75 Å². The predicted molar refractivity (Wildman–Crippen MR) is 101 cm³/mol. The summed E-state index contributed by atoms with van der Waals surface area (Å²) in [6.45, 7) is 2.59. The molecule has 27 heavy (non-hydrogen) atoms. The summed E-state index contributed by atoms with van der Waals surface area (Å²) < 4.78 is 30.9. The highest BCUT2D eigenvalue weighted by molar-refractivity contribution is 7.89. The minimum absolute atomic E-state index is 0.0370. The van der Waals surface area contributed by atoms with Gasteiger partial charge in [-0.3, -0.25) is 9.59 Å². The first-order valence-electron chi connectivity index (χ1n) is 9.05. The molecule has 1 fully saturated rings. The van der Waals surface area contributed by atoms with E-state index < -0.39 is 16.0 Å². The van der Waals surface area contributed by atoms with Crippen LogP contribution >= 0.6 is 0 Å². The third-order valence-corrected chi connectivity index (χ3v) is 6.29. The van der Waals surface area contributed by atoms with Crippen LogP contribution < -0.4 is 10.1 Å². The molecule has 2 N–H and O–H groups in total. The highest BCUT2D eigenvalue weighted by Gasteiger charge is 2.31. The van der Waals surface area contributed by atoms with Crippen LogP contribution in [0.2, 0.25) is 0 Å². The second-order valence-corrected chi connectivity index (χ2v) is 8.71. The second-order valence-electron chi connectivity index (χ2n) is 6.46. The Bertz CT molecular complexity index is 748. The molecule has 0 radical (unpaired) electrons. The molecular formula is C18H26N2O6S. The number of sulfonamides is 1. The summed E-state index contributed by atoms with van der Waals surface area (Å²) in [5, 5.41) is 11.4. The normalized spacial score (nSPS) is 18.0. The number of carboxylic acid groups (broad SMARTS) is 1. The lowest BCUT2D eigenvalue weighted by Gasteiger charge is -2.30. The number of carboxylic acids is 1. The molecule has 1 heterocycles. The summed E-state index contributed by atoms with van der Waals surface area (Å²) in [4.78, 5) is 22.9. The quantitative estimate of drug-likeness (QED) is 0.615.